The number of hydrogen-bond donors (Lipinski definition) is 4. The highest BCUT2D eigenvalue weighted by Gasteiger charge is 2.08. The third-order valence-electron chi connectivity index (χ3n) is 2.91. The number of rotatable bonds is 7. The quantitative estimate of drug-likeness (QED) is 0.354. The lowest BCUT2D eigenvalue weighted by Gasteiger charge is -2.06. The lowest BCUT2D eigenvalue weighted by Crippen LogP contribution is -2.20. The van der Waals surface area contributed by atoms with E-state index in [2.05, 4.69) is 27.5 Å². The van der Waals surface area contributed by atoms with E-state index in [1.807, 2.05) is 23.6 Å². The zero-order valence-electron chi connectivity index (χ0n) is 13.1. The van der Waals surface area contributed by atoms with Crippen LogP contribution in [0.25, 0.3) is 11.3 Å². The van der Waals surface area contributed by atoms with Gasteiger partial charge in [0.05, 0.1) is 19.1 Å². The predicted octanol–water partition coefficient (Wildman–Crippen LogP) is 2.78. The molecule has 0 radical (unpaired) electrons. The van der Waals surface area contributed by atoms with Crippen molar-refractivity contribution in [2.45, 2.75) is 13.3 Å². The zero-order chi connectivity index (χ0) is 16.7. The van der Waals surface area contributed by atoms with Gasteiger partial charge < -0.3 is 21.1 Å². The summed E-state index contributed by atoms with van der Waals surface area (Å²) in [5, 5.41) is 15.5. The standard InChI is InChI=1S/C15H20N6OS/c1-3-6-18-9-19-11-7-10(4-5-13(11)22-2)12-8-23-15(20-12)21-14(16)17/h4-5,7-9H,3,6H2,1-2H3,(H,18,19)(H4,16,17,20,21). The Morgan fingerprint density at radius 2 is 2.35 bits per heavy atom. The number of thiazole rings is 1. The molecule has 0 atom stereocenters. The lowest BCUT2D eigenvalue weighted by atomic mass is 10.1. The maximum absolute atomic E-state index is 7.23. The number of anilines is 1. The number of hydrogen-bond acceptors (Lipinski definition) is 5. The second-order valence-electron chi connectivity index (χ2n) is 4.68. The topological polar surface area (TPSA) is 108 Å². The van der Waals surface area contributed by atoms with E-state index in [0.717, 1.165) is 29.9 Å². The molecule has 1 heterocycles. The largest absolute Gasteiger partial charge is 0.494 e. The molecule has 2 rings (SSSR count). The molecule has 0 fully saturated rings. The Labute approximate surface area is 139 Å². The van der Waals surface area contributed by atoms with Gasteiger partial charge in [0.2, 0.25) is 0 Å². The van der Waals surface area contributed by atoms with E-state index in [4.69, 9.17) is 15.9 Å². The summed E-state index contributed by atoms with van der Waals surface area (Å²) in [4.78, 5) is 8.81. The third kappa shape index (κ3) is 4.68. The van der Waals surface area contributed by atoms with Crippen molar-refractivity contribution in [1.29, 1.82) is 5.41 Å². The predicted molar refractivity (Wildman–Crippen MR) is 96.1 cm³/mol. The van der Waals surface area contributed by atoms with Crippen LogP contribution in [0, 0.1) is 5.41 Å². The van der Waals surface area contributed by atoms with E-state index in [0.29, 0.717) is 10.9 Å². The molecule has 0 aliphatic carbocycles. The molecule has 5 N–H and O–H groups in total. The fourth-order valence-electron chi connectivity index (χ4n) is 1.85. The van der Waals surface area contributed by atoms with Crippen molar-refractivity contribution >= 4 is 34.5 Å². The number of aliphatic imine (C=N–C) groups is 1. The first-order chi connectivity index (χ1) is 11.1. The van der Waals surface area contributed by atoms with Crippen LogP contribution in [0.2, 0.25) is 0 Å². The number of nitrogens with one attached hydrogen (secondary N) is 3. The first-order valence-corrected chi connectivity index (χ1v) is 8.03. The van der Waals surface area contributed by atoms with Crippen LogP contribution in [0.15, 0.2) is 28.6 Å². The number of ether oxygens (including phenoxy) is 1. The Morgan fingerprint density at radius 3 is 3.04 bits per heavy atom. The molecule has 122 valence electrons. The maximum atomic E-state index is 7.23. The monoisotopic (exact) mass is 332 g/mol. The normalized spacial score (nSPS) is 10.7. The van der Waals surface area contributed by atoms with Gasteiger partial charge in [-0.15, -0.1) is 11.3 Å². The first kappa shape index (κ1) is 16.8. The molecule has 0 amide bonds. The fourth-order valence-corrected chi connectivity index (χ4v) is 2.59. The van der Waals surface area contributed by atoms with E-state index in [1.54, 1.807) is 13.4 Å². The van der Waals surface area contributed by atoms with E-state index in [-0.39, 0.29) is 5.96 Å². The summed E-state index contributed by atoms with van der Waals surface area (Å²) in [5.74, 6) is 0.563. The van der Waals surface area contributed by atoms with Crippen LogP contribution in [-0.4, -0.2) is 30.9 Å². The fraction of sp³-hybridized carbons (Fsp3) is 0.267. The van der Waals surface area contributed by atoms with Crippen molar-refractivity contribution in [3.05, 3.63) is 23.6 Å². The molecular formula is C15H20N6OS. The second kappa shape index (κ2) is 8.14. The second-order valence-corrected chi connectivity index (χ2v) is 5.53. The van der Waals surface area contributed by atoms with Crippen molar-refractivity contribution in [2.75, 3.05) is 19.0 Å². The Balaban J connectivity index is 2.24. The highest BCUT2D eigenvalue weighted by molar-refractivity contribution is 7.14. The molecule has 0 aliphatic rings. The summed E-state index contributed by atoms with van der Waals surface area (Å²) >= 11 is 1.39. The van der Waals surface area contributed by atoms with Crippen molar-refractivity contribution in [3.63, 3.8) is 0 Å². The summed E-state index contributed by atoms with van der Waals surface area (Å²) in [5.41, 5.74) is 7.74. The minimum Gasteiger partial charge on any atom is -0.494 e. The Hall–Kier alpha value is -2.61. The van der Waals surface area contributed by atoms with Crippen LogP contribution >= 0.6 is 11.3 Å². The van der Waals surface area contributed by atoms with Crippen LogP contribution in [0.4, 0.5) is 10.8 Å². The van der Waals surface area contributed by atoms with E-state index >= 15 is 0 Å². The van der Waals surface area contributed by atoms with E-state index < -0.39 is 0 Å². The van der Waals surface area contributed by atoms with Crippen molar-refractivity contribution in [3.8, 4) is 17.0 Å². The molecule has 0 bridgehead atoms. The van der Waals surface area contributed by atoms with Gasteiger partial charge >= 0.3 is 0 Å². The number of nitrogens with zero attached hydrogens (tertiary/aromatic N) is 2. The Bertz CT molecular complexity index is 697. The molecule has 0 aliphatic heterocycles. The van der Waals surface area contributed by atoms with Gasteiger partial charge in [0.1, 0.15) is 11.4 Å². The highest BCUT2D eigenvalue weighted by Crippen LogP contribution is 2.33. The Kier molecular flexibility index (Phi) is 5.93. The molecule has 0 saturated heterocycles. The van der Waals surface area contributed by atoms with Crippen LogP contribution < -0.4 is 21.1 Å². The smallest absolute Gasteiger partial charge is 0.192 e. The van der Waals surface area contributed by atoms with Crippen molar-refractivity contribution in [1.82, 2.24) is 10.3 Å². The Morgan fingerprint density at radius 1 is 1.52 bits per heavy atom. The molecule has 7 nitrogen and oxygen atoms in total. The third-order valence-corrected chi connectivity index (χ3v) is 3.67. The summed E-state index contributed by atoms with van der Waals surface area (Å²) in [6.07, 6.45) is 2.71. The van der Waals surface area contributed by atoms with E-state index in [1.165, 1.54) is 11.3 Å². The van der Waals surface area contributed by atoms with Crippen LogP contribution in [-0.2, 0) is 0 Å². The van der Waals surface area contributed by atoms with Gasteiger partial charge in [-0.05, 0) is 24.6 Å². The molecule has 0 unspecified atom stereocenters. The zero-order valence-corrected chi connectivity index (χ0v) is 13.9. The number of guanidine groups is 1. The van der Waals surface area contributed by atoms with Gasteiger partial charge in [-0.3, -0.25) is 5.41 Å². The van der Waals surface area contributed by atoms with Gasteiger partial charge in [-0.2, -0.15) is 0 Å². The maximum Gasteiger partial charge on any atom is 0.192 e. The minimum atomic E-state index is -0.132. The van der Waals surface area contributed by atoms with Gasteiger partial charge in [-0.1, -0.05) is 6.92 Å². The van der Waals surface area contributed by atoms with Gasteiger partial charge in [0.15, 0.2) is 11.1 Å². The summed E-state index contributed by atoms with van der Waals surface area (Å²) < 4.78 is 5.33. The molecule has 0 spiro atoms. The number of aromatic nitrogens is 1. The highest BCUT2D eigenvalue weighted by atomic mass is 32.1. The minimum absolute atomic E-state index is 0.132. The summed E-state index contributed by atoms with van der Waals surface area (Å²) in [6, 6.07) is 5.69. The number of benzene rings is 1. The summed E-state index contributed by atoms with van der Waals surface area (Å²) in [7, 11) is 1.62. The van der Waals surface area contributed by atoms with E-state index in [9.17, 15) is 0 Å². The van der Waals surface area contributed by atoms with Gasteiger partial charge in [0.25, 0.3) is 0 Å². The van der Waals surface area contributed by atoms with Crippen LogP contribution in [0.5, 0.6) is 5.75 Å². The van der Waals surface area contributed by atoms with Crippen molar-refractivity contribution in [2.24, 2.45) is 10.7 Å². The molecule has 1 aromatic heterocycles. The average molecular weight is 332 g/mol. The number of methoxy groups -OCH3 is 1. The summed E-state index contributed by atoms with van der Waals surface area (Å²) in [6.45, 7) is 2.97. The molecule has 8 heteroatoms. The van der Waals surface area contributed by atoms with Gasteiger partial charge in [-0.25, -0.2) is 9.98 Å². The molecule has 0 saturated carbocycles. The SMILES string of the molecule is CCCN/C=N/c1cc(-c2csc(NC(=N)N)n2)ccc1OC. The van der Waals surface area contributed by atoms with Crippen LogP contribution in [0.1, 0.15) is 13.3 Å². The number of nitrogens with two attached hydrogens (primary N) is 1. The van der Waals surface area contributed by atoms with Crippen LogP contribution in [0.3, 0.4) is 0 Å². The molecule has 23 heavy (non-hydrogen) atoms. The molecule has 2 aromatic rings. The first-order valence-electron chi connectivity index (χ1n) is 7.15. The lowest BCUT2D eigenvalue weighted by molar-refractivity contribution is 0.416. The van der Waals surface area contributed by atoms with Gasteiger partial charge in [0, 0.05) is 17.5 Å². The molecule has 1 aromatic carbocycles. The van der Waals surface area contributed by atoms with Crippen molar-refractivity contribution < 1.29 is 4.74 Å². The molecular weight excluding hydrogens is 312 g/mol. The average Bonchev–Trinajstić information content (AvgIpc) is 2.99.